The highest BCUT2D eigenvalue weighted by Gasteiger charge is 2.36. The summed E-state index contributed by atoms with van der Waals surface area (Å²) >= 11 is 0. The molecule has 1 aromatic rings. The van der Waals surface area contributed by atoms with Crippen LogP contribution in [0.3, 0.4) is 0 Å². The highest BCUT2D eigenvalue weighted by atomic mass is 16.5. The van der Waals surface area contributed by atoms with Crippen molar-refractivity contribution in [2.45, 2.75) is 57.4 Å². The van der Waals surface area contributed by atoms with Gasteiger partial charge in [0.25, 0.3) is 0 Å². The first kappa shape index (κ1) is 18.7. The molecule has 3 aliphatic heterocycles. The monoisotopic (exact) mass is 372 g/mol. The van der Waals surface area contributed by atoms with Crippen molar-refractivity contribution < 1.29 is 9.53 Å². The molecule has 0 bridgehead atoms. The van der Waals surface area contributed by atoms with E-state index in [0.29, 0.717) is 17.9 Å². The largest absolute Gasteiger partial charge is 0.381 e. The van der Waals surface area contributed by atoms with Gasteiger partial charge in [-0.1, -0.05) is 12.8 Å². The van der Waals surface area contributed by atoms with E-state index in [2.05, 4.69) is 19.8 Å². The smallest absolute Gasteiger partial charge is 0.226 e. The second-order valence-electron chi connectivity index (χ2n) is 8.21. The van der Waals surface area contributed by atoms with Gasteiger partial charge >= 0.3 is 0 Å². The number of nitrogens with zero attached hydrogens (tertiary/aromatic N) is 4. The number of likely N-dealkylation sites (tertiary alicyclic amines) is 1. The maximum atomic E-state index is 13.3. The van der Waals surface area contributed by atoms with Crippen LogP contribution in [0.4, 0.5) is 5.95 Å². The van der Waals surface area contributed by atoms with Crippen LogP contribution in [-0.4, -0.2) is 59.7 Å². The van der Waals surface area contributed by atoms with Gasteiger partial charge in [-0.25, -0.2) is 9.97 Å². The number of carbonyl (C=O) groups excluding carboxylic acids is 1. The van der Waals surface area contributed by atoms with Gasteiger partial charge < -0.3 is 14.5 Å². The fraction of sp³-hybridized carbons (Fsp3) is 0.762. The zero-order chi connectivity index (χ0) is 18.5. The average molecular weight is 373 g/mol. The van der Waals surface area contributed by atoms with E-state index in [0.717, 1.165) is 70.9 Å². The van der Waals surface area contributed by atoms with E-state index in [9.17, 15) is 4.79 Å². The van der Waals surface area contributed by atoms with E-state index in [1.165, 1.54) is 19.3 Å². The molecule has 0 aliphatic carbocycles. The van der Waals surface area contributed by atoms with Crippen LogP contribution in [0.25, 0.3) is 0 Å². The molecular weight excluding hydrogens is 340 g/mol. The Kier molecular flexibility index (Phi) is 6.22. The third-order valence-electron chi connectivity index (χ3n) is 6.57. The maximum Gasteiger partial charge on any atom is 0.226 e. The fourth-order valence-corrected chi connectivity index (χ4v) is 5.02. The standard InChI is InChI=1S/C21H32N4O2/c26-20(18-8-15-27-16-9-18)25-12-3-1-2-5-19(25)17-6-13-24(14-7-17)21-22-10-4-11-23-21/h4,10-11,17-19H,1-3,5-9,12-16H2. The number of anilines is 1. The summed E-state index contributed by atoms with van der Waals surface area (Å²) in [4.78, 5) is 26.6. The van der Waals surface area contributed by atoms with Crippen LogP contribution >= 0.6 is 0 Å². The number of piperidine rings is 1. The van der Waals surface area contributed by atoms with Gasteiger partial charge in [-0.3, -0.25) is 4.79 Å². The summed E-state index contributed by atoms with van der Waals surface area (Å²) in [6.07, 6.45) is 12.5. The Bertz CT molecular complexity index is 597. The van der Waals surface area contributed by atoms with Crippen molar-refractivity contribution in [1.29, 1.82) is 0 Å². The van der Waals surface area contributed by atoms with E-state index in [1.54, 1.807) is 0 Å². The van der Waals surface area contributed by atoms with Gasteiger partial charge in [0.2, 0.25) is 11.9 Å². The molecule has 0 N–H and O–H groups in total. The normalized spacial score (nSPS) is 26.0. The summed E-state index contributed by atoms with van der Waals surface area (Å²) in [5, 5.41) is 0. The van der Waals surface area contributed by atoms with Gasteiger partial charge in [0.1, 0.15) is 0 Å². The third-order valence-corrected chi connectivity index (χ3v) is 6.57. The van der Waals surface area contributed by atoms with E-state index in [-0.39, 0.29) is 5.92 Å². The van der Waals surface area contributed by atoms with E-state index in [4.69, 9.17) is 4.74 Å². The number of hydrogen-bond donors (Lipinski definition) is 0. The van der Waals surface area contributed by atoms with Crippen molar-refractivity contribution in [2.75, 3.05) is 37.7 Å². The summed E-state index contributed by atoms with van der Waals surface area (Å²) in [7, 11) is 0. The molecule has 0 saturated carbocycles. The molecule has 1 atom stereocenters. The lowest BCUT2D eigenvalue weighted by molar-refractivity contribution is -0.142. The number of aromatic nitrogens is 2. The van der Waals surface area contributed by atoms with Gasteiger partial charge in [0.05, 0.1) is 0 Å². The molecule has 3 saturated heterocycles. The van der Waals surface area contributed by atoms with E-state index < -0.39 is 0 Å². The second-order valence-corrected chi connectivity index (χ2v) is 8.21. The summed E-state index contributed by atoms with van der Waals surface area (Å²) in [5.41, 5.74) is 0. The van der Waals surface area contributed by atoms with Crippen molar-refractivity contribution >= 4 is 11.9 Å². The Hall–Kier alpha value is -1.69. The number of amides is 1. The topological polar surface area (TPSA) is 58.6 Å². The van der Waals surface area contributed by atoms with Crippen LogP contribution in [-0.2, 0) is 9.53 Å². The summed E-state index contributed by atoms with van der Waals surface area (Å²) < 4.78 is 5.47. The fourth-order valence-electron chi connectivity index (χ4n) is 5.02. The second kappa shape index (κ2) is 9.00. The minimum Gasteiger partial charge on any atom is -0.381 e. The molecule has 4 heterocycles. The lowest BCUT2D eigenvalue weighted by atomic mass is 9.85. The third kappa shape index (κ3) is 4.42. The van der Waals surface area contributed by atoms with Crippen LogP contribution < -0.4 is 4.90 Å². The highest BCUT2D eigenvalue weighted by molar-refractivity contribution is 5.79. The molecule has 6 heteroatoms. The van der Waals surface area contributed by atoms with Gasteiger partial charge in [-0.2, -0.15) is 0 Å². The van der Waals surface area contributed by atoms with E-state index >= 15 is 0 Å². The van der Waals surface area contributed by atoms with Gasteiger partial charge in [-0.15, -0.1) is 0 Å². The quantitative estimate of drug-likeness (QED) is 0.816. The predicted molar refractivity (Wildman–Crippen MR) is 104 cm³/mol. The number of hydrogen-bond acceptors (Lipinski definition) is 5. The van der Waals surface area contributed by atoms with Gasteiger partial charge in [0.15, 0.2) is 0 Å². The molecule has 148 valence electrons. The molecular formula is C21H32N4O2. The van der Waals surface area contributed by atoms with Gasteiger partial charge in [-0.05, 0) is 50.5 Å². The first-order chi connectivity index (χ1) is 13.3. The number of ether oxygens (including phenoxy) is 1. The van der Waals surface area contributed by atoms with Crippen LogP contribution in [0.2, 0.25) is 0 Å². The Labute approximate surface area is 162 Å². The zero-order valence-electron chi connectivity index (χ0n) is 16.3. The molecule has 1 unspecified atom stereocenters. The van der Waals surface area contributed by atoms with E-state index in [1.807, 2.05) is 18.5 Å². The molecule has 6 nitrogen and oxygen atoms in total. The lowest BCUT2D eigenvalue weighted by Gasteiger charge is -2.42. The molecule has 27 heavy (non-hydrogen) atoms. The first-order valence-corrected chi connectivity index (χ1v) is 10.7. The molecule has 3 fully saturated rings. The molecule has 3 aliphatic rings. The summed E-state index contributed by atoms with van der Waals surface area (Å²) in [6, 6.07) is 2.28. The van der Waals surface area contributed by atoms with Crippen molar-refractivity contribution in [3.8, 4) is 0 Å². The minimum atomic E-state index is 0.178. The van der Waals surface area contributed by atoms with Crippen molar-refractivity contribution in [3.05, 3.63) is 18.5 Å². The molecule has 0 radical (unpaired) electrons. The maximum absolute atomic E-state index is 13.3. The highest BCUT2D eigenvalue weighted by Crippen LogP contribution is 2.32. The Morgan fingerprint density at radius 2 is 1.67 bits per heavy atom. The lowest BCUT2D eigenvalue weighted by Crippen LogP contribution is -2.50. The van der Waals surface area contributed by atoms with Gasteiger partial charge in [0, 0.05) is 57.2 Å². The van der Waals surface area contributed by atoms with Crippen LogP contribution in [0.5, 0.6) is 0 Å². The van der Waals surface area contributed by atoms with Crippen molar-refractivity contribution in [2.24, 2.45) is 11.8 Å². The molecule has 4 rings (SSSR count). The molecule has 1 aromatic heterocycles. The van der Waals surface area contributed by atoms with Crippen molar-refractivity contribution in [1.82, 2.24) is 14.9 Å². The first-order valence-electron chi connectivity index (χ1n) is 10.7. The van der Waals surface area contributed by atoms with Crippen LogP contribution in [0.15, 0.2) is 18.5 Å². The number of carbonyl (C=O) groups is 1. The molecule has 0 spiro atoms. The summed E-state index contributed by atoms with van der Waals surface area (Å²) in [5.74, 6) is 2.02. The van der Waals surface area contributed by atoms with Crippen LogP contribution in [0.1, 0.15) is 51.4 Å². The SMILES string of the molecule is O=C(C1CCOCC1)N1CCCCCC1C1CCN(c2ncccn2)CC1. The summed E-state index contributed by atoms with van der Waals surface area (Å²) in [6.45, 7) is 4.41. The van der Waals surface area contributed by atoms with Crippen molar-refractivity contribution in [3.63, 3.8) is 0 Å². The molecule has 1 amide bonds. The molecule has 0 aromatic carbocycles. The number of rotatable bonds is 3. The Morgan fingerprint density at radius 1 is 0.926 bits per heavy atom. The van der Waals surface area contributed by atoms with Crippen LogP contribution in [0, 0.1) is 11.8 Å². The Morgan fingerprint density at radius 3 is 2.41 bits per heavy atom. The average Bonchev–Trinajstić information content (AvgIpc) is 3.01. The zero-order valence-corrected chi connectivity index (χ0v) is 16.3. The predicted octanol–water partition coefficient (Wildman–Crippen LogP) is 2.89. The Balaban J connectivity index is 1.41. The minimum absolute atomic E-state index is 0.178.